The lowest BCUT2D eigenvalue weighted by atomic mass is 10.1. The molecule has 2 amide bonds. The third-order valence-electron chi connectivity index (χ3n) is 4.04. The fraction of sp³-hybridized carbons (Fsp3) is 0.435. The minimum atomic E-state index is -0.837. The van der Waals surface area contributed by atoms with Gasteiger partial charge in [0.15, 0.2) is 0 Å². The van der Waals surface area contributed by atoms with Gasteiger partial charge < -0.3 is 20.1 Å². The highest BCUT2D eigenvalue weighted by molar-refractivity contribution is 5.71. The van der Waals surface area contributed by atoms with E-state index in [1.807, 2.05) is 0 Å². The number of carbonyl (C=O) groups is 2. The van der Waals surface area contributed by atoms with Crippen molar-refractivity contribution in [1.29, 1.82) is 0 Å². The van der Waals surface area contributed by atoms with Gasteiger partial charge in [0.05, 0.1) is 16.7 Å². The van der Waals surface area contributed by atoms with E-state index < -0.39 is 34.4 Å². The average Bonchev–Trinajstić information content (AvgIpc) is 2.68. The maximum atomic E-state index is 12.4. The van der Waals surface area contributed by atoms with E-state index in [1.54, 1.807) is 71.9 Å². The summed E-state index contributed by atoms with van der Waals surface area (Å²) in [6.07, 6.45) is -1.40. The van der Waals surface area contributed by atoms with Crippen molar-refractivity contribution in [3.63, 3.8) is 0 Å². The molecule has 2 N–H and O–H groups in total. The molecule has 0 saturated carbocycles. The zero-order valence-electron chi connectivity index (χ0n) is 19.7. The number of amides is 2. The molecule has 1 atom stereocenters. The normalized spacial score (nSPS) is 12.4. The average molecular weight is 459 g/mol. The van der Waals surface area contributed by atoms with Gasteiger partial charge >= 0.3 is 12.2 Å². The fourth-order valence-corrected chi connectivity index (χ4v) is 2.80. The molecule has 0 bridgehead atoms. The van der Waals surface area contributed by atoms with Crippen LogP contribution in [-0.4, -0.2) is 39.8 Å². The summed E-state index contributed by atoms with van der Waals surface area (Å²) in [6, 6.07) is 10.6. The number of aromatic nitrogens is 1. The summed E-state index contributed by atoms with van der Waals surface area (Å²) in [6.45, 7) is 10.3. The molecule has 10 nitrogen and oxygen atoms in total. The summed E-state index contributed by atoms with van der Waals surface area (Å²) in [4.78, 5) is 40.1. The van der Waals surface area contributed by atoms with Crippen molar-refractivity contribution in [2.24, 2.45) is 0 Å². The Hall–Kier alpha value is -3.69. The van der Waals surface area contributed by atoms with Gasteiger partial charge in [-0.1, -0.05) is 30.3 Å². The SMILES string of the molecule is CC(C)(C)OC(=O)NCC(NC(=O)OC(C)(C)C)c1ccc([N+](=O)[O-])c(-c2ccccc2)n1. The van der Waals surface area contributed by atoms with Crippen molar-refractivity contribution < 1.29 is 24.0 Å². The summed E-state index contributed by atoms with van der Waals surface area (Å²) in [5, 5.41) is 16.8. The third-order valence-corrected chi connectivity index (χ3v) is 4.04. The second-order valence-electron chi connectivity index (χ2n) is 9.31. The Morgan fingerprint density at radius 2 is 1.55 bits per heavy atom. The standard InChI is InChI=1S/C23H30N4O6/c1-22(2,3)32-20(28)24-14-17(26-21(29)33-23(4,5)6)16-12-13-18(27(30)31)19(25-16)15-10-8-7-9-11-15/h7-13,17H,14H2,1-6H3,(H,24,28)(H,26,29). The van der Waals surface area contributed by atoms with Crippen molar-refractivity contribution >= 4 is 17.9 Å². The molecule has 2 rings (SSSR count). The molecule has 0 aliphatic carbocycles. The van der Waals surface area contributed by atoms with Crippen LogP contribution in [0, 0.1) is 10.1 Å². The van der Waals surface area contributed by atoms with Gasteiger partial charge in [-0.3, -0.25) is 10.1 Å². The number of nitrogens with one attached hydrogen (secondary N) is 2. The van der Waals surface area contributed by atoms with Crippen LogP contribution in [0.5, 0.6) is 0 Å². The van der Waals surface area contributed by atoms with Gasteiger partial charge in [0.2, 0.25) is 0 Å². The molecule has 0 spiro atoms. The number of pyridine rings is 1. The first kappa shape index (κ1) is 25.6. The molecule has 1 heterocycles. The summed E-state index contributed by atoms with van der Waals surface area (Å²) < 4.78 is 10.6. The molecule has 0 aliphatic rings. The first-order valence-corrected chi connectivity index (χ1v) is 10.4. The first-order valence-electron chi connectivity index (χ1n) is 10.4. The van der Waals surface area contributed by atoms with Crippen LogP contribution in [0.15, 0.2) is 42.5 Å². The molecular formula is C23H30N4O6. The lowest BCUT2D eigenvalue weighted by Gasteiger charge is -2.25. The molecule has 0 saturated heterocycles. The van der Waals surface area contributed by atoms with Crippen molar-refractivity contribution in [1.82, 2.24) is 15.6 Å². The second-order valence-corrected chi connectivity index (χ2v) is 9.31. The molecule has 2 aromatic rings. The van der Waals surface area contributed by atoms with Crippen LogP contribution in [0.3, 0.4) is 0 Å². The molecule has 0 fully saturated rings. The maximum Gasteiger partial charge on any atom is 0.408 e. The molecule has 10 heteroatoms. The van der Waals surface area contributed by atoms with E-state index in [-0.39, 0.29) is 17.9 Å². The largest absolute Gasteiger partial charge is 0.444 e. The Morgan fingerprint density at radius 3 is 2.09 bits per heavy atom. The summed E-state index contributed by atoms with van der Waals surface area (Å²) in [7, 11) is 0. The van der Waals surface area contributed by atoms with Gasteiger partial charge in [0.1, 0.15) is 16.9 Å². The van der Waals surface area contributed by atoms with E-state index in [9.17, 15) is 19.7 Å². The van der Waals surface area contributed by atoms with Crippen molar-refractivity contribution in [3.8, 4) is 11.3 Å². The maximum absolute atomic E-state index is 12.4. The van der Waals surface area contributed by atoms with E-state index in [0.717, 1.165) is 0 Å². The van der Waals surface area contributed by atoms with Gasteiger partial charge in [-0.15, -0.1) is 0 Å². The second kappa shape index (κ2) is 10.3. The number of carbonyl (C=O) groups excluding carboxylic acids is 2. The topological polar surface area (TPSA) is 133 Å². The monoisotopic (exact) mass is 458 g/mol. The number of rotatable bonds is 6. The molecule has 1 aromatic heterocycles. The van der Waals surface area contributed by atoms with Crippen LogP contribution in [-0.2, 0) is 9.47 Å². The zero-order valence-corrected chi connectivity index (χ0v) is 19.7. The number of hydrogen-bond acceptors (Lipinski definition) is 7. The number of alkyl carbamates (subject to hydrolysis) is 2. The molecule has 33 heavy (non-hydrogen) atoms. The first-order chi connectivity index (χ1) is 15.2. The van der Waals surface area contributed by atoms with E-state index in [0.29, 0.717) is 11.3 Å². The predicted octanol–water partition coefficient (Wildman–Crippen LogP) is 4.75. The van der Waals surface area contributed by atoms with E-state index in [2.05, 4.69) is 15.6 Å². The van der Waals surface area contributed by atoms with Crippen LogP contribution in [0.1, 0.15) is 53.3 Å². The van der Waals surface area contributed by atoms with Gasteiger partial charge in [-0.2, -0.15) is 0 Å². The highest BCUT2D eigenvalue weighted by atomic mass is 16.6. The van der Waals surface area contributed by atoms with E-state index in [1.165, 1.54) is 12.1 Å². The van der Waals surface area contributed by atoms with Gasteiger partial charge in [-0.05, 0) is 47.6 Å². The van der Waals surface area contributed by atoms with Crippen molar-refractivity contribution in [2.45, 2.75) is 58.8 Å². The molecule has 1 unspecified atom stereocenters. The van der Waals surface area contributed by atoms with Gasteiger partial charge in [0, 0.05) is 18.2 Å². The highest BCUT2D eigenvalue weighted by Crippen LogP contribution is 2.29. The Kier molecular flexibility index (Phi) is 7.97. The van der Waals surface area contributed by atoms with Crippen LogP contribution < -0.4 is 10.6 Å². The summed E-state index contributed by atoms with van der Waals surface area (Å²) >= 11 is 0. The van der Waals surface area contributed by atoms with Crippen molar-refractivity contribution in [2.75, 3.05) is 6.54 Å². The number of hydrogen-bond donors (Lipinski definition) is 2. The van der Waals surface area contributed by atoms with Crippen LogP contribution in [0.4, 0.5) is 15.3 Å². The molecule has 178 valence electrons. The fourth-order valence-electron chi connectivity index (χ4n) is 2.80. The number of nitrogens with zero attached hydrogens (tertiary/aromatic N) is 2. The van der Waals surface area contributed by atoms with E-state index in [4.69, 9.17) is 9.47 Å². The lowest BCUT2D eigenvalue weighted by molar-refractivity contribution is -0.384. The third kappa shape index (κ3) is 8.40. The number of ether oxygens (including phenoxy) is 2. The Morgan fingerprint density at radius 1 is 0.970 bits per heavy atom. The molecular weight excluding hydrogens is 428 g/mol. The predicted molar refractivity (Wildman–Crippen MR) is 123 cm³/mol. The van der Waals surface area contributed by atoms with Gasteiger partial charge in [0.25, 0.3) is 5.69 Å². The Labute approximate surface area is 192 Å². The minimum Gasteiger partial charge on any atom is -0.444 e. The molecule has 0 aliphatic heterocycles. The van der Waals surface area contributed by atoms with Crippen LogP contribution >= 0.6 is 0 Å². The van der Waals surface area contributed by atoms with Crippen LogP contribution in [0.2, 0.25) is 0 Å². The zero-order chi connectivity index (χ0) is 24.8. The number of benzene rings is 1. The smallest absolute Gasteiger partial charge is 0.408 e. The minimum absolute atomic E-state index is 0.0762. The molecule has 0 radical (unpaired) electrons. The van der Waals surface area contributed by atoms with Gasteiger partial charge in [-0.25, -0.2) is 14.6 Å². The molecule has 1 aromatic carbocycles. The Bertz CT molecular complexity index is 996. The Balaban J connectivity index is 2.39. The van der Waals surface area contributed by atoms with E-state index >= 15 is 0 Å². The summed E-state index contributed by atoms with van der Waals surface area (Å²) in [5.74, 6) is 0. The van der Waals surface area contributed by atoms with Crippen molar-refractivity contribution in [3.05, 3.63) is 58.3 Å². The lowest BCUT2D eigenvalue weighted by Crippen LogP contribution is -2.42. The summed E-state index contributed by atoms with van der Waals surface area (Å²) in [5.41, 5.74) is -0.633. The number of nitro groups is 1. The highest BCUT2D eigenvalue weighted by Gasteiger charge is 2.26. The van der Waals surface area contributed by atoms with Crippen LogP contribution in [0.25, 0.3) is 11.3 Å². The quantitative estimate of drug-likeness (QED) is 0.471.